The predicted molar refractivity (Wildman–Crippen MR) is 87.9 cm³/mol. The van der Waals surface area contributed by atoms with Gasteiger partial charge in [-0.3, -0.25) is 4.79 Å². The number of ether oxygens (including phenoxy) is 1. The van der Waals surface area contributed by atoms with Gasteiger partial charge >= 0.3 is 0 Å². The first-order chi connectivity index (χ1) is 12.1. The number of aryl methyl sites for hydroxylation is 2. The fraction of sp³-hybridized carbons (Fsp3) is 0.647. The van der Waals surface area contributed by atoms with Gasteiger partial charge in [-0.15, -0.1) is 0 Å². The Morgan fingerprint density at radius 3 is 2.88 bits per heavy atom. The van der Waals surface area contributed by atoms with E-state index in [-0.39, 0.29) is 11.8 Å². The molecule has 1 aliphatic rings. The van der Waals surface area contributed by atoms with E-state index in [9.17, 15) is 4.79 Å². The Hall–Kier alpha value is -2.22. The standard InChI is InChI=1S/C17H24N4O4/c1-4-23-10-15-18-17(20-25-15)13-6-5-7-21(9-13)16(22)8-14-11(2)19-24-12(14)3/h13H,4-10H2,1-3H3. The third-order valence-electron chi connectivity index (χ3n) is 4.56. The van der Waals surface area contributed by atoms with E-state index in [1.807, 2.05) is 25.7 Å². The summed E-state index contributed by atoms with van der Waals surface area (Å²) in [7, 11) is 0. The van der Waals surface area contributed by atoms with Crippen molar-refractivity contribution >= 4 is 5.91 Å². The number of carbonyl (C=O) groups is 1. The van der Waals surface area contributed by atoms with Crippen LogP contribution in [0.3, 0.4) is 0 Å². The van der Waals surface area contributed by atoms with Gasteiger partial charge < -0.3 is 18.7 Å². The molecule has 0 N–H and O–H groups in total. The highest BCUT2D eigenvalue weighted by molar-refractivity contribution is 5.79. The molecule has 1 atom stereocenters. The van der Waals surface area contributed by atoms with E-state index < -0.39 is 0 Å². The first kappa shape index (κ1) is 17.6. The highest BCUT2D eigenvalue weighted by Crippen LogP contribution is 2.26. The normalized spacial score (nSPS) is 17.9. The van der Waals surface area contributed by atoms with Gasteiger partial charge in [-0.2, -0.15) is 4.98 Å². The summed E-state index contributed by atoms with van der Waals surface area (Å²) in [6, 6.07) is 0. The van der Waals surface area contributed by atoms with Crippen molar-refractivity contribution in [3.05, 3.63) is 28.7 Å². The Morgan fingerprint density at radius 1 is 1.32 bits per heavy atom. The topological polar surface area (TPSA) is 94.5 Å². The van der Waals surface area contributed by atoms with Gasteiger partial charge in [0, 0.05) is 31.2 Å². The van der Waals surface area contributed by atoms with Crippen LogP contribution in [-0.4, -0.2) is 45.8 Å². The van der Waals surface area contributed by atoms with Crippen molar-refractivity contribution in [2.75, 3.05) is 19.7 Å². The van der Waals surface area contributed by atoms with E-state index in [0.29, 0.717) is 43.7 Å². The minimum Gasteiger partial charge on any atom is -0.372 e. The Kier molecular flexibility index (Phi) is 5.47. The SMILES string of the molecule is CCOCc1nc(C2CCCN(C(=O)Cc3c(C)noc3C)C2)no1. The zero-order valence-corrected chi connectivity index (χ0v) is 14.9. The summed E-state index contributed by atoms with van der Waals surface area (Å²) < 4.78 is 15.7. The van der Waals surface area contributed by atoms with Crippen LogP contribution < -0.4 is 0 Å². The number of aromatic nitrogens is 3. The van der Waals surface area contributed by atoms with Crippen LogP contribution in [0.4, 0.5) is 0 Å². The van der Waals surface area contributed by atoms with E-state index in [1.54, 1.807) is 0 Å². The number of hydrogen-bond donors (Lipinski definition) is 0. The smallest absolute Gasteiger partial charge is 0.252 e. The fourth-order valence-corrected chi connectivity index (χ4v) is 3.11. The summed E-state index contributed by atoms with van der Waals surface area (Å²) in [5.74, 6) is 2.03. The Balaban J connectivity index is 1.62. The lowest BCUT2D eigenvalue weighted by Gasteiger charge is -2.31. The Labute approximate surface area is 146 Å². The maximum absolute atomic E-state index is 12.7. The molecule has 0 aliphatic carbocycles. The molecule has 3 heterocycles. The van der Waals surface area contributed by atoms with Crippen LogP contribution in [0.2, 0.25) is 0 Å². The molecule has 8 nitrogen and oxygen atoms in total. The van der Waals surface area contributed by atoms with Crippen molar-refractivity contribution in [1.29, 1.82) is 0 Å². The molecule has 0 radical (unpaired) electrons. The molecule has 1 saturated heterocycles. The fourth-order valence-electron chi connectivity index (χ4n) is 3.11. The lowest BCUT2D eigenvalue weighted by atomic mass is 9.96. The number of amides is 1. The first-order valence-electron chi connectivity index (χ1n) is 8.68. The van der Waals surface area contributed by atoms with Gasteiger partial charge in [0.05, 0.1) is 12.1 Å². The van der Waals surface area contributed by atoms with Crippen LogP contribution in [0, 0.1) is 13.8 Å². The molecular weight excluding hydrogens is 324 g/mol. The average molecular weight is 348 g/mol. The summed E-state index contributed by atoms with van der Waals surface area (Å²) in [5, 5.41) is 7.98. The maximum Gasteiger partial charge on any atom is 0.252 e. The molecule has 25 heavy (non-hydrogen) atoms. The minimum absolute atomic E-state index is 0.0807. The monoisotopic (exact) mass is 348 g/mol. The summed E-state index contributed by atoms with van der Waals surface area (Å²) in [5.41, 5.74) is 1.66. The van der Waals surface area contributed by atoms with Crippen molar-refractivity contribution in [1.82, 2.24) is 20.2 Å². The van der Waals surface area contributed by atoms with Gasteiger partial charge in [0.2, 0.25) is 5.91 Å². The second kappa shape index (κ2) is 7.77. The molecule has 1 unspecified atom stereocenters. The van der Waals surface area contributed by atoms with Crippen molar-refractivity contribution < 1.29 is 18.6 Å². The number of nitrogens with zero attached hydrogens (tertiary/aromatic N) is 4. The molecule has 136 valence electrons. The zero-order valence-electron chi connectivity index (χ0n) is 14.9. The molecule has 1 amide bonds. The molecule has 2 aromatic heterocycles. The van der Waals surface area contributed by atoms with E-state index in [0.717, 1.165) is 30.6 Å². The highest BCUT2D eigenvalue weighted by atomic mass is 16.5. The van der Waals surface area contributed by atoms with Gasteiger partial charge in [0.25, 0.3) is 5.89 Å². The van der Waals surface area contributed by atoms with Crippen molar-refractivity contribution in [3.8, 4) is 0 Å². The third-order valence-corrected chi connectivity index (χ3v) is 4.56. The molecule has 3 rings (SSSR count). The van der Waals surface area contributed by atoms with Gasteiger partial charge in [-0.1, -0.05) is 10.3 Å². The molecule has 0 aromatic carbocycles. The number of likely N-dealkylation sites (tertiary alicyclic amines) is 1. The number of rotatable bonds is 6. The first-order valence-corrected chi connectivity index (χ1v) is 8.68. The van der Waals surface area contributed by atoms with Gasteiger partial charge in [0.1, 0.15) is 12.4 Å². The molecule has 0 spiro atoms. The summed E-state index contributed by atoms with van der Waals surface area (Å²) in [4.78, 5) is 18.9. The average Bonchev–Trinajstić information content (AvgIpc) is 3.22. The second-order valence-electron chi connectivity index (χ2n) is 6.34. The van der Waals surface area contributed by atoms with Crippen molar-refractivity contribution in [3.63, 3.8) is 0 Å². The quantitative estimate of drug-likeness (QED) is 0.789. The molecule has 2 aromatic rings. The van der Waals surface area contributed by atoms with Crippen LogP contribution in [-0.2, 0) is 22.6 Å². The van der Waals surface area contributed by atoms with Crippen LogP contribution in [0.5, 0.6) is 0 Å². The summed E-state index contributed by atoms with van der Waals surface area (Å²) in [6.07, 6.45) is 2.19. The second-order valence-corrected chi connectivity index (χ2v) is 6.34. The van der Waals surface area contributed by atoms with Gasteiger partial charge in [0.15, 0.2) is 5.82 Å². The molecule has 1 fully saturated rings. The minimum atomic E-state index is 0.0807. The van der Waals surface area contributed by atoms with Crippen molar-refractivity contribution in [2.24, 2.45) is 0 Å². The van der Waals surface area contributed by atoms with Crippen LogP contribution in [0.1, 0.15) is 54.4 Å². The molecular formula is C17H24N4O4. The Morgan fingerprint density at radius 2 is 2.16 bits per heavy atom. The Bertz CT molecular complexity index is 705. The van der Waals surface area contributed by atoms with Crippen LogP contribution in [0.25, 0.3) is 0 Å². The van der Waals surface area contributed by atoms with Gasteiger partial charge in [-0.05, 0) is 33.6 Å². The third kappa shape index (κ3) is 4.07. The number of carbonyl (C=O) groups excluding carboxylic acids is 1. The molecule has 8 heteroatoms. The molecule has 0 saturated carbocycles. The van der Waals surface area contributed by atoms with Crippen LogP contribution >= 0.6 is 0 Å². The lowest BCUT2D eigenvalue weighted by molar-refractivity contribution is -0.131. The summed E-state index contributed by atoms with van der Waals surface area (Å²) >= 11 is 0. The van der Waals surface area contributed by atoms with Crippen LogP contribution in [0.15, 0.2) is 9.05 Å². The predicted octanol–water partition coefficient (Wildman–Crippen LogP) is 2.16. The van der Waals surface area contributed by atoms with Crippen molar-refractivity contribution in [2.45, 2.75) is 52.6 Å². The number of piperidine rings is 1. The number of hydrogen-bond acceptors (Lipinski definition) is 7. The van der Waals surface area contributed by atoms with Gasteiger partial charge in [-0.25, -0.2) is 0 Å². The largest absolute Gasteiger partial charge is 0.372 e. The molecule has 0 bridgehead atoms. The zero-order chi connectivity index (χ0) is 17.8. The van der Waals surface area contributed by atoms with E-state index in [2.05, 4.69) is 15.3 Å². The van der Waals surface area contributed by atoms with E-state index in [1.165, 1.54) is 0 Å². The van der Waals surface area contributed by atoms with E-state index >= 15 is 0 Å². The molecule has 1 aliphatic heterocycles. The maximum atomic E-state index is 12.7. The highest BCUT2D eigenvalue weighted by Gasteiger charge is 2.28. The van der Waals surface area contributed by atoms with E-state index in [4.69, 9.17) is 13.8 Å². The summed E-state index contributed by atoms with van der Waals surface area (Å²) in [6.45, 7) is 7.90. The lowest BCUT2D eigenvalue weighted by Crippen LogP contribution is -2.40.